The summed E-state index contributed by atoms with van der Waals surface area (Å²) < 4.78 is 3.00. The maximum Gasteiger partial charge on any atom is 0.216 e. The molecular weight excluding hydrogens is 280 g/mol. The summed E-state index contributed by atoms with van der Waals surface area (Å²) in [5.41, 5.74) is 0. The Morgan fingerprint density at radius 1 is 0.609 bits per heavy atom. The molecule has 0 aromatic carbocycles. The number of rotatable bonds is 11. The molecule has 0 bridgehead atoms. The molecule has 23 heavy (non-hydrogen) atoms. The van der Waals surface area contributed by atoms with E-state index in [0.29, 0.717) is 0 Å². The fourth-order valence-electron chi connectivity index (χ4n) is 5.67. The van der Waals surface area contributed by atoms with E-state index in [1.165, 1.54) is 119 Å². The van der Waals surface area contributed by atoms with Crippen molar-refractivity contribution in [2.75, 3.05) is 39.3 Å². The van der Waals surface area contributed by atoms with Crippen LogP contribution in [0.25, 0.3) is 0 Å². The number of likely N-dealkylation sites (tertiary alicyclic amines) is 2. The van der Waals surface area contributed by atoms with Crippen LogP contribution in [0.4, 0.5) is 0 Å². The van der Waals surface area contributed by atoms with Crippen molar-refractivity contribution in [1.82, 2.24) is 0 Å². The third-order valence-electron chi connectivity index (χ3n) is 6.91. The molecule has 2 heteroatoms. The highest BCUT2D eigenvalue weighted by Crippen LogP contribution is 2.37. The molecule has 0 N–H and O–H groups in total. The molecule has 0 radical (unpaired) electrons. The first-order valence-corrected chi connectivity index (χ1v) is 10.9. The van der Waals surface area contributed by atoms with Gasteiger partial charge in [-0.05, 0) is 19.3 Å². The highest BCUT2D eigenvalue weighted by molar-refractivity contribution is 4.66. The van der Waals surface area contributed by atoms with Crippen LogP contribution >= 0.6 is 0 Å². The van der Waals surface area contributed by atoms with Crippen LogP contribution in [0.5, 0.6) is 0 Å². The van der Waals surface area contributed by atoms with Crippen molar-refractivity contribution in [3.63, 3.8) is 0 Å². The smallest absolute Gasteiger partial charge is 0.216 e. The Morgan fingerprint density at radius 2 is 1.00 bits per heavy atom. The van der Waals surface area contributed by atoms with E-state index in [4.69, 9.17) is 0 Å². The van der Waals surface area contributed by atoms with Gasteiger partial charge in [0.1, 0.15) is 0 Å². The van der Waals surface area contributed by atoms with Crippen molar-refractivity contribution in [3.8, 4) is 0 Å². The maximum absolute atomic E-state index is 2.39. The minimum absolute atomic E-state index is 0.929. The van der Waals surface area contributed by atoms with Crippen molar-refractivity contribution in [2.45, 2.75) is 97.6 Å². The van der Waals surface area contributed by atoms with Crippen molar-refractivity contribution in [3.05, 3.63) is 0 Å². The van der Waals surface area contributed by atoms with Crippen LogP contribution in [0.1, 0.15) is 91.4 Å². The minimum atomic E-state index is 0.929. The quantitative estimate of drug-likeness (QED) is 0.451. The highest BCUT2D eigenvalue weighted by Gasteiger charge is 2.52. The number of hydrogen-bond donors (Lipinski definition) is 0. The van der Waals surface area contributed by atoms with Crippen LogP contribution in [0.15, 0.2) is 0 Å². The van der Waals surface area contributed by atoms with Gasteiger partial charge in [-0.25, -0.2) is 0 Å². The molecule has 0 spiro atoms. The molecule has 0 aliphatic carbocycles. The first-order chi connectivity index (χ1) is 11.2. The zero-order valence-corrected chi connectivity index (χ0v) is 16.5. The number of hydrogen-bond acceptors (Lipinski definition) is 0. The van der Waals surface area contributed by atoms with Gasteiger partial charge in [0, 0.05) is 25.7 Å². The summed E-state index contributed by atoms with van der Waals surface area (Å²) in [4.78, 5) is 0. The Labute approximate surface area is 146 Å². The maximum atomic E-state index is 2.39. The molecule has 0 amide bonds. The van der Waals surface area contributed by atoms with Gasteiger partial charge in [0.05, 0.1) is 45.7 Å². The molecule has 2 rings (SSSR count). The fourth-order valence-corrected chi connectivity index (χ4v) is 5.67. The van der Waals surface area contributed by atoms with Crippen molar-refractivity contribution >= 4 is 0 Å². The summed E-state index contributed by atoms with van der Waals surface area (Å²) in [5.74, 6) is 0. The van der Waals surface area contributed by atoms with E-state index in [2.05, 4.69) is 20.8 Å². The summed E-state index contributed by atoms with van der Waals surface area (Å²) >= 11 is 0. The Balaban J connectivity index is 2.24. The third-order valence-corrected chi connectivity index (χ3v) is 6.91. The van der Waals surface area contributed by atoms with Crippen molar-refractivity contribution in [2.24, 2.45) is 0 Å². The zero-order chi connectivity index (χ0) is 16.6. The van der Waals surface area contributed by atoms with E-state index >= 15 is 0 Å². The lowest BCUT2D eigenvalue weighted by molar-refractivity contribution is -1.13. The van der Waals surface area contributed by atoms with Crippen LogP contribution in [0.2, 0.25) is 0 Å². The number of nitrogens with zero attached hydrogens (tertiary/aromatic N) is 2. The van der Waals surface area contributed by atoms with Gasteiger partial charge < -0.3 is 0 Å². The number of quaternary nitrogens is 2. The Morgan fingerprint density at radius 3 is 1.35 bits per heavy atom. The second kappa shape index (κ2) is 9.42. The zero-order valence-electron chi connectivity index (χ0n) is 16.5. The summed E-state index contributed by atoms with van der Waals surface area (Å²) in [6.07, 6.45) is 16.8. The predicted octanol–water partition coefficient (Wildman–Crippen LogP) is 5.32. The molecule has 2 aliphatic rings. The van der Waals surface area contributed by atoms with E-state index in [9.17, 15) is 0 Å². The summed E-state index contributed by atoms with van der Waals surface area (Å²) in [7, 11) is 0. The fraction of sp³-hybridized carbons (Fsp3) is 1.00. The van der Waals surface area contributed by atoms with Crippen LogP contribution < -0.4 is 0 Å². The second-order valence-corrected chi connectivity index (χ2v) is 8.52. The average Bonchev–Trinajstić information content (AvgIpc) is 3.22. The van der Waals surface area contributed by atoms with Crippen LogP contribution in [-0.4, -0.2) is 54.4 Å². The minimum Gasteiger partial charge on any atom is -0.275 e. The molecule has 0 unspecified atom stereocenters. The molecule has 2 nitrogen and oxygen atoms in total. The molecule has 136 valence electrons. The van der Waals surface area contributed by atoms with E-state index < -0.39 is 0 Å². The molecule has 2 heterocycles. The number of unbranched alkanes of at least 4 members (excludes halogenated alkanes) is 3. The molecule has 2 fully saturated rings. The van der Waals surface area contributed by atoms with Crippen LogP contribution in [0.3, 0.4) is 0 Å². The second-order valence-electron chi connectivity index (χ2n) is 8.52. The lowest BCUT2D eigenvalue weighted by Gasteiger charge is -2.51. The largest absolute Gasteiger partial charge is 0.275 e. The monoisotopic (exact) mass is 324 g/mol. The summed E-state index contributed by atoms with van der Waals surface area (Å²) in [6.45, 7) is 16.0. The normalized spacial score (nSPS) is 23.0. The van der Waals surface area contributed by atoms with Crippen LogP contribution in [-0.2, 0) is 0 Å². The van der Waals surface area contributed by atoms with Crippen LogP contribution in [0, 0.1) is 0 Å². The molecule has 0 saturated carbocycles. The average molecular weight is 325 g/mol. The van der Waals surface area contributed by atoms with Crippen molar-refractivity contribution < 1.29 is 8.97 Å². The molecular formula is C21H44N2+2. The van der Waals surface area contributed by atoms with Gasteiger partial charge in [-0.1, -0.05) is 40.0 Å². The van der Waals surface area contributed by atoms with E-state index in [0.717, 1.165) is 6.17 Å². The standard InChI is InChI=1S/C21H44N2/c1-4-7-14-21(22(15-8-5-2)17-10-11-18-22)23(16-9-6-3)19-12-13-20-23/h21H,4-20H2,1-3H3/q+2. The molecule has 0 aromatic heterocycles. The Bertz CT molecular complexity index is 286. The lowest BCUT2D eigenvalue weighted by atomic mass is 10.1. The van der Waals surface area contributed by atoms with E-state index in [1.54, 1.807) is 0 Å². The first-order valence-electron chi connectivity index (χ1n) is 10.9. The van der Waals surface area contributed by atoms with Gasteiger partial charge >= 0.3 is 0 Å². The highest BCUT2D eigenvalue weighted by atomic mass is 15.6. The predicted molar refractivity (Wildman–Crippen MR) is 101 cm³/mol. The van der Waals surface area contributed by atoms with Gasteiger partial charge in [0.25, 0.3) is 0 Å². The third kappa shape index (κ3) is 4.51. The molecule has 0 atom stereocenters. The molecule has 2 aliphatic heterocycles. The molecule has 2 saturated heterocycles. The van der Waals surface area contributed by atoms with Gasteiger partial charge in [-0.15, -0.1) is 0 Å². The summed E-state index contributed by atoms with van der Waals surface area (Å²) in [5, 5.41) is 0. The van der Waals surface area contributed by atoms with Crippen molar-refractivity contribution in [1.29, 1.82) is 0 Å². The van der Waals surface area contributed by atoms with Gasteiger partial charge in [0.2, 0.25) is 6.17 Å². The van der Waals surface area contributed by atoms with Gasteiger partial charge in [-0.2, -0.15) is 0 Å². The van der Waals surface area contributed by atoms with E-state index in [1.807, 2.05) is 0 Å². The Kier molecular flexibility index (Phi) is 7.88. The first kappa shape index (κ1) is 19.2. The van der Waals surface area contributed by atoms with E-state index in [-0.39, 0.29) is 0 Å². The topological polar surface area (TPSA) is 0 Å². The lowest BCUT2D eigenvalue weighted by Crippen LogP contribution is -2.69. The summed E-state index contributed by atoms with van der Waals surface area (Å²) in [6, 6.07) is 0. The SMILES string of the molecule is CCCCC([N+]1(CCCC)CCCC1)[N+]1(CCCC)CCCC1. The molecule has 0 aromatic rings. The Hall–Kier alpha value is -0.0800. The van der Waals surface area contributed by atoms with Gasteiger partial charge in [-0.3, -0.25) is 8.97 Å². The van der Waals surface area contributed by atoms with Gasteiger partial charge in [0.15, 0.2) is 0 Å².